The van der Waals surface area contributed by atoms with Gasteiger partial charge in [0, 0.05) is 40.3 Å². The van der Waals surface area contributed by atoms with Gasteiger partial charge in [0.2, 0.25) is 23.6 Å². The molecule has 16 nitrogen and oxygen atoms in total. The fraction of sp³-hybridized carbons (Fsp3) is 0.750. The number of hydrogen-bond acceptors (Lipinski definition) is 9. The molecule has 3 fully saturated rings. The minimum Gasteiger partial charge on any atom is -0.444 e. The summed E-state index contributed by atoms with van der Waals surface area (Å²) in [7, 11) is -0.111. The van der Waals surface area contributed by atoms with Crippen molar-refractivity contribution >= 4 is 37.3 Å². The molecule has 0 unspecified atom stereocenters. The van der Waals surface area contributed by atoms with Gasteiger partial charge < -0.3 is 44.4 Å². The summed E-state index contributed by atoms with van der Waals surface area (Å²) >= 11 is 0. The Morgan fingerprint density at radius 1 is 0.967 bits per heavy atom. The van der Waals surface area contributed by atoms with Crippen LogP contribution in [0.3, 0.4) is 0 Å². The molecule has 1 aromatic carbocycles. The number of benzene rings is 1. The number of rotatable bonds is 19. The van der Waals surface area contributed by atoms with Gasteiger partial charge >= 0.3 is 13.7 Å². The van der Waals surface area contributed by atoms with Crippen molar-refractivity contribution in [2.45, 2.75) is 161 Å². The number of carbonyl (C=O) groups is 5. The van der Waals surface area contributed by atoms with Crippen LogP contribution in [0.25, 0.3) is 0 Å². The number of nitrogens with one attached hydrogen (secondary N) is 2. The SMILES string of the molecule is CC[C@H](C)[C@@H]([C@@H](CC(=O)N1CCC[C@H]1[C@H](OC)[C@@H](C)C(=O)N[C@@H](Cc1ccccc1)P(=O)(O)O)OC)N(C)C(=O)[C@@H](NC(=O)[C@@H]1[C@H]2CC[C@H](C2)N1C(=O)OC(C)(C)C)C(C)C. The Balaban J connectivity index is 1.49. The van der Waals surface area contributed by atoms with E-state index in [1.54, 1.807) is 79.8 Å². The molecule has 2 saturated heterocycles. The smallest absolute Gasteiger partial charge is 0.411 e. The van der Waals surface area contributed by atoms with Crippen LogP contribution < -0.4 is 10.6 Å². The molecule has 1 aromatic rings. The van der Waals surface area contributed by atoms with Crippen molar-refractivity contribution in [1.82, 2.24) is 25.3 Å². The average Bonchev–Trinajstić information content (AvgIpc) is 3.96. The molecule has 344 valence electrons. The summed E-state index contributed by atoms with van der Waals surface area (Å²) in [5.74, 6) is -4.36. The van der Waals surface area contributed by atoms with Crippen molar-refractivity contribution in [1.29, 1.82) is 0 Å². The van der Waals surface area contributed by atoms with Gasteiger partial charge in [0.25, 0.3) is 0 Å². The summed E-state index contributed by atoms with van der Waals surface area (Å²) in [6.07, 6.45) is 1.96. The summed E-state index contributed by atoms with van der Waals surface area (Å²) in [4.78, 5) is 95.0. The largest absolute Gasteiger partial charge is 0.444 e. The first-order chi connectivity index (χ1) is 28.5. The van der Waals surface area contributed by atoms with Crippen LogP contribution >= 0.6 is 7.60 Å². The first kappa shape index (κ1) is 50.1. The Bertz CT molecular complexity index is 1720. The van der Waals surface area contributed by atoms with Gasteiger partial charge in [-0.15, -0.1) is 0 Å². The highest BCUT2D eigenvalue weighted by atomic mass is 31.2. The zero-order chi connectivity index (χ0) is 45.6. The second-order valence-corrected chi connectivity index (χ2v) is 20.5. The predicted octanol–water partition coefficient (Wildman–Crippen LogP) is 4.70. The number of fused-ring (bicyclic) bond motifs is 2. The monoisotopic (exact) mass is 877 g/mol. The molecule has 5 amide bonds. The van der Waals surface area contributed by atoms with Crippen LogP contribution in [-0.4, -0.2) is 136 Å². The molecule has 1 aliphatic carbocycles. The Morgan fingerprint density at radius 3 is 2.18 bits per heavy atom. The lowest BCUT2D eigenvalue weighted by atomic mass is 9.89. The van der Waals surface area contributed by atoms with Crippen LogP contribution in [0.15, 0.2) is 30.3 Å². The highest BCUT2D eigenvalue weighted by Crippen LogP contribution is 2.44. The first-order valence-electron chi connectivity index (χ1n) is 21.9. The number of amides is 5. The first-order valence-corrected chi connectivity index (χ1v) is 23.5. The lowest BCUT2D eigenvalue weighted by Crippen LogP contribution is -2.61. The molecule has 11 atom stereocenters. The zero-order valence-electron chi connectivity index (χ0n) is 38.0. The number of methoxy groups -OCH3 is 2. The molecule has 0 radical (unpaired) electrons. The van der Waals surface area contributed by atoms with Crippen molar-refractivity contribution in [3.05, 3.63) is 35.9 Å². The van der Waals surface area contributed by atoms with Gasteiger partial charge in [0.15, 0.2) is 0 Å². The molecule has 4 rings (SSSR count). The standard InChI is InChI=1S/C44H72N5O11P/c1-12-27(4)37(47(9)42(53)36(26(2)3)46-41(52)38-30-20-21-31(24-30)49(38)43(54)60-44(6,7)8)33(58-10)25-35(50)48-22-16-19-32(48)39(59-11)28(5)40(51)45-34(61(55,56)57)23-29-17-14-13-15-18-29/h13-15,17-18,26-28,30-34,36-39H,12,16,19-25H2,1-11H3,(H,45,51)(H,46,52)(H2,55,56,57)/t27-,28+,30-,31+,32-,33+,34+,36-,37-,38-,39+/m0/s1. The minimum absolute atomic E-state index is 0.0318. The van der Waals surface area contributed by atoms with Crippen molar-refractivity contribution in [3.8, 4) is 0 Å². The van der Waals surface area contributed by atoms with Crippen LogP contribution in [0.4, 0.5) is 4.79 Å². The molecule has 4 N–H and O–H groups in total. The number of hydrogen-bond donors (Lipinski definition) is 4. The third kappa shape index (κ3) is 12.3. The molecule has 2 heterocycles. The number of likely N-dealkylation sites (tertiary alicyclic amines) is 2. The lowest BCUT2D eigenvalue weighted by molar-refractivity contribution is -0.148. The fourth-order valence-corrected chi connectivity index (χ4v) is 10.3. The van der Waals surface area contributed by atoms with Crippen molar-refractivity contribution in [3.63, 3.8) is 0 Å². The molecule has 17 heteroatoms. The summed E-state index contributed by atoms with van der Waals surface area (Å²) in [6.45, 7) is 15.1. The van der Waals surface area contributed by atoms with E-state index in [-0.39, 0.29) is 54.4 Å². The Hall–Kier alpha value is -3.56. The minimum atomic E-state index is -4.74. The summed E-state index contributed by atoms with van der Waals surface area (Å²) in [6, 6.07) is 5.92. The molecule has 2 bridgehead atoms. The van der Waals surface area contributed by atoms with E-state index in [4.69, 9.17) is 14.2 Å². The second kappa shape index (κ2) is 21.2. The van der Waals surface area contributed by atoms with E-state index in [1.165, 1.54) is 14.2 Å². The number of piperidine rings is 1. The van der Waals surface area contributed by atoms with E-state index in [0.717, 1.165) is 12.8 Å². The molecule has 3 aliphatic rings. The maximum Gasteiger partial charge on any atom is 0.411 e. The van der Waals surface area contributed by atoms with Crippen LogP contribution in [0, 0.1) is 23.7 Å². The molecule has 2 aliphatic heterocycles. The molecule has 61 heavy (non-hydrogen) atoms. The van der Waals surface area contributed by atoms with Crippen LogP contribution in [-0.2, 0) is 44.4 Å². The van der Waals surface area contributed by atoms with Gasteiger partial charge in [-0.05, 0) is 76.2 Å². The number of likely N-dealkylation sites (N-methyl/N-ethyl adjacent to an activating group) is 1. The highest BCUT2D eigenvalue weighted by Gasteiger charge is 2.53. The average molecular weight is 878 g/mol. The quantitative estimate of drug-likeness (QED) is 0.140. The van der Waals surface area contributed by atoms with Crippen molar-refractivity contribution in [2.24, 2.45) is 23.7 Å². The third-order valence-electron chi connectivity index (χ3n) is 12.9. The van der Waals surface area contributed by atoms with E-state index in [0.29, 0.717) is 37.8 Å². The maximum atomic E-state index is 14.5. The van der Waals surface area contributed by atoms with Gasteiger partial charge in [-0.2, -0.15) is 0 Å². The van der Waals surface area contributed by atoms with Gasteiger partial charge in [0.1, 0.15) is 23.5 Å². The zero-order valence-corrected chi connectivity index (χ0v) is 38.9. The fourth-order valence-electron chi connectivity index (χ4n) is 9.57. The predicted molar refractivity (Wildman–Crippen MR) is 230 cm³/mol. The van der Waals surface area contributed by atoms with Crippen LogP contribution in [0.5, 0.6) is 0 Å². The van der Waals surface area contributed by atoms with Crippen molar-refractivity contribution < 1.29 is 52.5 Å². The molecule has 1 saturated carbocycles. The molecule has 0 spiro atoms. The number of nitrogens with zero attached hydrogens (tertiary/aromatic N) is 3. The van der Waals surface area contributed by atoms with Crippen molar-refractivity contribution in [2.75, 3.05) is 27.8 Å². The van der Waals surface area contributed by atoms with E-state index in [2.05, 4.69) is 10.6 Å². The van der Waals surface area contributed by atoms with Gasteiger partial charge in [-0.3, -0.25) is 28.6 Å². The maximum absolute atomic E-state index is 14.5. The van der Waals surface area contributed by atoms with Crippen LogP contribution in [0.1, 0.15) is 106 Å². The third-order valence-corrected chi connectivity index (χ3v) is 14.1. The van der Waals surface area contributed by atoms with Crippen LogP contribution in [0.2, 0.25) is 0 Å². The van der Waals surface area contributed by atoms with Gasteiger partial charge in [-0.25, -0.2) is 4.79 Å². The topological polar surface area (TPSA) is 204 Å². The number of ether oxygens (including phenoxy) is 3. The lowest BCUT2D eigenvalue weighted by Gasteiger charge is -2.41. The van der Waals surface area contributed by atoms with Gasteiger partial charge in [-0.1, -0.05) is 71.4 Å². The number of carbonyl (C=O) groups excluding carboxylic acids is 5. The summed E-state index contributed by atoms with van der Waals surface area (Å²) < 4.78 is 30.1. The molecular formula is C44H72N5O11P. The van der Waals surface area contributed by atoms with E-state index in [9.17, 15) is 38.3 Å². The summed E-state index contributed by atoms with van der Waals surface area (Å²) in [5.41, 5.74) is -0.0789. The van der Waals surface area contributed by atoms with E-state index < -0.39 is 73.3 Å². The normalized spacial score (nSPS) is 23.8. The molecule has 0 aromatic heterocycles. The Labute approximate surface area is 362 Å². The van der Waals surface area contributed by atoms with E-state index in [1.807, 2.05) is 27.7 Å². The molecular weight excluding hydrogens is 805 g/mol. The second-order valence-electron chi connectivity index (χ2n) is 18.7. The highest BCUT2D eigenvalue weighted by molar-refractivity contribution is 7.52. The van der Waals surface area contributed by atoms with Gasteiger partial charge in [0.05, 0.1) is 36.6 Å². The van der Waals surface area contributed by atoms with E-state index >= 15 is 0 Å². The Kier molecular flexibility index (Phi) is 17.4. The summed E-state index contributed by atoms with van der Waals surface area (Å²) in [5, 5.41) is 5.58. The Morgan fingerprint density at radius 2 is 1.62 bits per heavy atom.